The summed E-state index contributed by atoms with van der Waals surface area (Å²) in [6, 6.07) is 0.494. The first-order valence-corrected chi connectivity index (χ1v) is 9.43. The number of rotatable bonds is 0. The van der Waals surface area contributed by atoms with Crippen LogP contribution in [0.3, 0.4) is 0 Å². The second-order valence-corrected chi connectivity index (χ2v) is 7.63. The zero-order chi connectivity index (χ0) is 11.2. The SMILES string of the molecule is CC(C)(C)C1CCC(N)CC1.[Cl][Ti][Cl]. The average Bonchev–Trinajstić information content (AvgIpc) is 2.04. The molecule has 0 saturated heterocycles. The summed E-state index contributed by atoms with van der Waals surface area (Å²) >= 11 is -0.556. The van der Waals surface area contributed by atoms with Crippen LogP contribution in [0, 0.1) is 11.3 Å². The molecule has 0 aromatic heterocycles. The first-order chi connectivity index (χ1) is 6.41. The summed E-state index contributed by atoms with van der Waals surface area (Å²) < 4.78 is 0. The molecule has 1 rings (SSSR count). The van der Waals surface area contributed by atoms with Crippen molar-refractivity contribution < 1.29 is 17.0 Å². The second-order valence-electron chi connectivity index (χ2n) is 5.05. The summed E-state index contributed by atoms with van der Waals surface area (Å²) in [6.45, 7) is 7.03. The molecule has 0 spiro atoms. The molecule has 4 heteroatoms. The maximum atomic E-state index is 5.84. The van der Waals surface area contributed by atoms with Gasteiger partial charge in [-0.3, -0.25) is 0 Å². The van der Waals surface area contributed by atoms with Gasteiger partial charge in [-0.2, -0.15) is 0 Å². The van der Waals surface area contributed by atoms with E-state index in [1.807, 2.05) is 0 Å². The fraction of sp³-hybridized carbons (Fsp3) is 1.00. The Morgan fingerprint density at radius 1 is 1.07 bits per heavy atom. The van der Waals surface area contributed by atoms with Crippen LogP contribution >= 0.6 is 18.6 Å². The van der Waals surface area contributed by atoms with Crippen LogP contribution in [0.5, 0.6) is 0 Å². The van der Waals surface area contributed by atoms with Gasteiger partial charge in [0.25, 0.3) is 0 Å². The standard InChI is InChI=1S/C10H21N.2ClH.Ti/c1-10(2,3)8-4-6-9(11)7-5-8;;;/h8-9H,4-7,11H2,1-3H3;2*1H;/q;;;+2/p-2. The van der Waals surface area contributed by atoms with Crippen LogP contribution in [0.1, 0.15) is 46.5 Å². The second kappa shape index (κ2) is 7.51. The van der Waals surface area contributed by atoms with Gasteiger partial charge >= 0.3 is 35.6 Å². The predicted octanol–water partition coefficient (Wildman–Crippen LogP) is 3.93. The summed E-state index contributed by atoms with van der Waals surface area (Å²) in [5.74, 6) is 0.905. The fourth-order valence-corrected chi connectivity index (χ4v) is 1.99. The van der Waals surface area contributed by atoms with E-state index in [9.17, 15) is 0 Å². The van der Waals surface area contributed by atoms with Crippen LogP contribution in [-0.2, 0) is 17.0 Å². The molecule has 0 aliphatic heterocycles. The molecular formula is C10H21Cl2NTi. The van der Waals surface area contributed by atoms with Gasteiger partial charge < -0.3 is 5.73 Å². The van der Waals surface area contributed by atoms with Crippen molar-refractivity contribution in [1.29, 1.82) is 0 Å². The van der Waals surface area contributed by atoms with Gasteiger partial charge in [-0.05, 0) is 37.0 Å². The Hall–Kier alpha value is 1.25. The van der Waals surface area contributed by atoms with Crippen molar-refractivity contribution in [3.63, 3.8) is 0 Å². The molecule has 0 heterocycles. The molecule has 0 unspecified atom stereocenters. The van der Waals surface area contributed by atoms with Gasteiger partial charge in [-0.15, -0.1) is 0 Å². The van der Waals surface area contributed by atoms with E-state index in [-0.39, 0.29) is 0 Å². The van der Waals surface area contributed by atoms with Crippen LogP contribution in [0.4, 0.5) is 0 Å². The van der Waals surface area contributed by atoms with Gasteiger partial charge in [0.2, 0.25) is 0 Å². The van der Waals surface area contributed by atoms with Gasteiger partial charge in [-0.25, -0.2) is 0 Å². The topological polar surface area (TPSA) is 26.0 Å². The third-order valence-corrected chi connectivity index (χ3v) is 3.00. The van der Waals surface area contributed by atoms with Gasteiger partial charge in [0.1, 0.15) is 0 Å². The number of hydrogen-bond donors (Lipinski definition) is 1. The first kappa shape index (κ1) is 15.3. The summed E-state index contributed by atoms with van der Waals surface area (Å²) in [7, 11) is 9.78. The molecule has 1 nitrogen and oxygen atoms in total. The average molecular weight is 274 g/mol. The van der Waals surface area contributed by atoms with E-state index in [0.29, 0.717) is 11.5 Å². The molecule has 0 aromatic rings. The van der Waals surface area contributed by atoms with E-state index in [0.717, 1.165) is 5.92 Å². The Bertz CT molecular complexity index is 140. The van der Waals surface area contributed by atoms with E-state index < -0.39 is 17.0 Å². The monoisotopic (exact) mass is 273 g/mol. The van der Waals surface area contributed by atoms with E-state index >= 15 is 0 Å². The molecule has 1 saturated carbocycles. The van der Waals surface area contributed by atoms with E-state index in [4.69, 9.17) is 24.3 Å². The molecular weight excluding hydrogens is 253 g/mol. The molecule has 1 fully saturated rings. The Morgan fingerprint density at radius 2 is 1.43 bits per heavy atom. The third kappa shape index (κ3) is 6.69. The Balaban J connectivity index is 0.000000500. The Morgan fingerprint density at radius 3 is 1.71 bits per heavy atom. The third-order valence-electron chi connectivity index (χ3n) is 3.00. The summed E-state index contributed by atoms with van der Waals surface area (Å²) in [5.41, 5.74) is 6.34. The molecule has 0 radical (unpaired) electrons. The maximum absolute atomic E-state index is 5.84. The number of halogens is 2. The molecule has 84 valence electrons. The minimum atomic E-state index is -0.556. The quantitative estimate of drug-likeness (QED) is 0.665. The number of hydrogen-bond acceptors (Lipinski definition) is 1. The van der Waals surface area contributed by atoms with Crippen LogP contribution < -0.4 is 5.73 Å². The summed E-state index contributed by atoms with van der Waals surface area (Å²) in [4.78, 5) is 0. The summed E-state index contributed by atoms with van der Waals surface area (Å²) in [5, 5.41) is 0. The van der Waals surface area contributed by atoms with Gasteiger partial charge in [0.05, 0.1) is 0 Å². The predicted molar refractivity (Wildman–Crippen MR) is 61.1 cm³/mol. The molecule has 2 N–H and O–H groups in total. The van der Waals surface area contributed by atoms with Crippen LogP contribution in [0.15, 0.2) is 0 Å². The normalized spacial score (nSPS) is 27.6. The van der Waals surface area contributed by atoms with E-state index in [1.165, 1.54) is 25.7 Å². The van der Waals surface area contributed by atoms with Crippen molar-refractivity contribution in [3.8, 4) is 0 Å². The first-order valence-electron chi connectivity index (χ1n) is 5.13. The van der Waals surface area contributed by atoms with Crippen molar-refractivity contribution in [1.82, 2.24) is 0 Å². The van der Waals surface area contributed by atoms with Crippen molar-refractivity contribution >= 4 is 18.6 Å². The minimum absolute atomic E-state index is 0.494. The molecule has 0 bridgehead atoms. The summed E-state index contributed by atoms with van der Waals surface area (Å²) in [6.07, 6.45) is 5.15. The zero-order valence-electron chi connectivity index (χ0n) is 9.32. The van der Waals surface area contributed by atoms with Crippen LogP contribution in [0.2, 0.25) is 0 Å². The van der Waals surface area contributed by atoms with Gasteiger partial charge in [-0.1, -0.05) is 20.8 Å². The van der Waals surface area contributed by atoms with Crippen molar-refractivity contribution in [3.05, 3.63) is 0 Å². The molecule has 14 heavy (non-hydrogen) atoms. The zero-order valence-corrected chi connectivity index (χ0v) is 12.4. The Kier molecular flexibility index (Phi) is 8.19. The van der Waals surface area contributed by atoms with Crippen molar-refractivity contribution in [2.24, 2.45) is 17.1 Å². The van der Waals surface area contributed by atoms with E-state index in [2.05, 4.69) is 20.8 Å². The van der Waals surface area contributed by atoms with Crippen LogP contribution in [-0.4, -0.2) is 6.04 Å². The Labute approximate surface area is 105 Å². The van der Waals surface area contributed by atoms with E-state index in [1.54, 1.807) is 0 Å². The van der Waals surface area contributed by atoms with Crippen LogP contribution in [0.25, 0.3) is 0 Å². The number of nitrogens with two attached hydrogens (primary N) is 1. The van der Waals surface area contributed by atoms with Crippen molar-refractivity contribution in [2.75, 3.05) is 0 Å². The molecule has 1 aliphatic carbocycles. The van der Waals surface area contributed by atoms with Gasteiger partial charge in [0, 0.05) is 6.04 Å². The molecule has 0 amide bonds. The molecule has 1 aliphatic rings. The molecule has 0 atom stereocenters. The fourth-order valence-electron chi connectivity index (χ4n) is 1.99. The van der Waals surface area contributed by atoms with Gasteiger partial charge in [0.15, 0.2) is 0 Å². The molecule has 0 aromatic carbocycles. The van der Waals surface area contributed by atoms with Crippen molar-refractivity contribution in [2.45, 2.75) is 52.5 Å².